The molecule has 0 spiro atoms. The highest BCUT2D eigenvalue weighted by Gasteiger charge is 2.16. The van der Waals surface area contributed by atoms with Gasteiger partial charge in [0, 0.05) is 5.69 Å². The van der Waals surface area contributed by atoms with Crippen molar-refractivity contribution in [2.75, 3.05) is 5.32 Å². The summed E-state index contributed by atoms with van der Waals surface area (Å²) in [5.74, 6) is 0.731. The van der Waals surface area contributed by atoms with E-state index in [2.05, 4.69) is 29.6 Å². The number of anilines is 2. The molecule has 1 heterocycles. The van der Waals surface area contributed by atoms with Crippen molar-refractivity contribution < 1.29 is 0 Å². The van der Waals surface area contributed by atoms with Gasteiger partial charge in [-0.05, 0) is 46.8 Å². The minimum Gasteiger partial charge on any atom is -0.345 e. The van der Waals surface area contributed by atoms with Crippen molar-refractivity contribution >= 4 is 43.0 Å². The van der Waals surface area contributed by atoms with E-state index in [1.165, 1.54) is 51.9 Å². The van der Waals surface area contributed by atoms with Crippen molar-refractivity contribution in [3.8, 4) is 0 Å². The lowest BCUT2D eigenvalue weighted by molar-refractivity contribution is 0.723. The van der Waals surface area contributed by atoms with Crippen molar-refractivity contribution in [2.45, 2.75) is 31.6 Å². The fraction of sp³-hybridized carbons (Fsp3) is 0.357. The van der Waals surface area contributed by atoms with Crippen LogP contribution in [0.3, 0.4) is 0 Å². The number of nitrogens with one attached hydrogen (secondary N) is 1. The molecule has 1 fully saturated rings. The Morgan fingerprint density at radius 2 is 1.79 bits per heavy atom. The fourth-order valence-electron chi connectivity index (χ4n) is 2.55. The first kappa shape index (κ1) is 13.2. The molecule has 1 aromatic heterocycles. The third-order valence-corrected chi connectivity index (χ3v) is 6.27. The maximum absolute atomic E-state index is 11.3. The van der Waals surface area contributed by atoms with Crippen molar-refractivity contribution in [1.29, 1.82) is 0 Å². The van der Waals surface area contributed by atoms with E-state index in [4.69, 9.17) is 11.6 Å². The number of benzene rings is 1. The molecule has 5 heteroatoms. The molecule has 0 amide bonds. The molecule has 3 rings (SSSR count). The lowest BCUT2D eigenvalue weighted by Gasteiger charge is -2.10. The normalized spacial score (nSPS) is 15.8. The van der Waals surface area contributed by atoms with Gasteiger partial charge in [-0.25, -0.2) is 0 Å². The Morgan fingerprint density at radius 1 is 1.11 bits per heavy atom. The average Bonchev–Trinajstić information content (AvgIpc) is 3.06. The quantitative estimate of drug-likeness (QED) is 0.787. The van der Waals surface area contributed by atoms with E-state index in [9.17, 15) is 4.79 Å². The summed E-state index contributed by atoms with van der Waals surface area (Å²) in [5, 5.41) is 4.25. The van der Waals surface area contributed by atoms with Crippen LogP contribution < -0.4 is 10.1 Å². The smallest absolute Gasteiger partial charge is 0.263 e. The van der Waals surface area contributed by atoms with Gasteiger partial charge >= 0.3 is 0 Å². The van der Waals surface area contributed by atoms with E-state index in [0.717, 1.165) is 16.6 Å². The van der Waals surface area contributed by atoms with Crippen molar-refractivity contribution in [2.24, 2.45) is 0 Å². The first-order chi connectivity index (χ1) is 9.24. The third-order valence-electron chi connectivity index (χ3n) is 3.57. The van der Waals surface area contributed by atoms with Gasteiger partial charge in [0.25, 0.3) is 4.74 Å². The zero-order chi connectivity index (χ0) is 13.2. The van der Waals surface area contributed by atoms with Crippen LogP contribution in [0.4, 0.5) is 10.7 Å². The summed E-state index contributed by atoms with van der Waals surface area (Å²) in [5.41, 5.74) is 2.41. The maximum Gasteiger partial charge on any atom is 0.263 e. The molecule has 2 aromatic rings. The molecule has 1 N–H and O–H groups in total. The Labute approximate surface area is 124 Å². The van der Waals surface area contributed by atoms with Crippen LogP contribution in [-0.2, 0) is 0 Å². The van der Waals surface area contributed by atoms with Crippen LogP contribution in [0.2, 0.25) is 5.02 Å². The van der Waals surface area contributed by atoms with E-state index in [1.807, 2.05) is 0 Å². The molecule has 1 aromatic carbocycles. The monoisotopic (exact) mass is 311 g/mol. The Bertz CT molecular complexity index is 611. The molecule has 19 heavy (non-hydrogen) atoms. The van der Waals surface area contributed by atoms with Crippen molar-refractivity contribution in [3.63, 3.8) is 0 Å². The lowest BCUT2D eigenvalue weighted by Crippen LogP contribution is -1.95. The number of hydrogen-bond donors (Lipinski definition) is 1. The van der Waals surface area contributed by atoms with Gasteiger partial charge in [-0.1, -0.05) is 46.9 Å². The third kappa shape index (κ3) is 2.86. The Hall–Kier alpha value is -0.840. The SMILES string of the molecule is O=c1ssc(Nc2ccc(C3CCCC3)cc2)c1Cl. The van der Waals surface area contributed by atoms with Crippen LogP contribution in [-0.4, -0.2) is 0 Å². The summed E-state index contributed by atoms with van der Waals surface area (Å²) in [6.45, 7) is 0. The van der Waals surface area contributed by atoms with Gasteiger partial charge in [0.05, 0.1) is 0 Å². The second-order valence-electron chi connectivity index (χ2n) is 4.83. The maximum atomic E-state index is 11.3. The number of halogens is 1. The highest BCUT2D eigenvalue weighted by atomic mass is 35.5. The van der Waals surface area contributed by atoms with Crippen molar-refractivity contribution in [1.82, 2.24) is 0 Å². The topological polar surface area (TPSA) is 29.1 Å². The highest BCUT2D eigenvalue weighted by molar-refractivity contribution is 7.70. The Balaban J connectivity index is 1.75. The van der Waals surface area contributed by atoms with E-state index < -0.39 is 0 Å². The summed E-state index contributed by atoms with van der Waals surface area (Å²) >= 11 is 5.94. The van der Waals surface area contributed by atoms with Crippen LogP contribution >= 0.6 is 32.3 Å². The molecular formula is C14H14ClNOS2. The predicted molar refractivity (Wildman–Crippen MR) is 84.4 cm³/mol. The lowest BCUT2D eigenvalue weighted by atomic mass is 9.98. The summed E-state index contributed by atoms with van der Waals surface area (Å²) in [4.78, 5) is 11.3. The summed E-state index contributed by atoms with van der Waals surface area (Å²) < 4.78 is -0.0725. The molecule has 1 aliphatic rings. The van der Waals surface area contributed by atoms with Gasteiger partial charge in [0.2, 0.25) is 0 Å². The molecule has 0 atom stereocenters. The molecule has 1 aliphatic carbocycles. The Morgan fingerprint density at radius 3 is 2.37 bits per heavy atom. The molecule has 0 bridgehead atoms. The molecule has 100 valence electrons. The van der Waals surface area contributed by atoms with Gasteiger partial charge in [-0.3, -0.25) is 4.79 Å². The van der Waals surface area contributed by atoms with Crippen LogP contribution in [0, 0.1) is 0 Å². The first-order valence-corrected chi connectivity index (χ1v) is 8.92. The van der Waals surface area contributed by atoms with Crippen LogP contribution in [0.5, 0.6) is 0 Å². The largest absolute Gasteiger partial charge is 0.345 e. The second kappa shape index (κ2) is 5.65. The van der Waals surface area contributed by atoms with Gasteiger partial charge < -0.3 is 5.32 Å². The van der Waals surface area contributed by atoms with E-state index in [0.29, 0.717) is 5.02 Å². The first-order valence-electron chi connectivity index (χ1n) is 6.39. The van der Waals surface area contributed by atoms with Crippen LogP contribution in [0.25, 0.3) is 0 Å². The minimum atomic E-state index is -0.0725. The number of hydrogen-bond acceptors (Lipinski definition) is 4. The van der Waals surface area contributed by atoms with E-state index >= 15 is 0 Å². The average molecular weight is 312 g/mol. The minimum absolute atomic E-state index is 0.0725. The molecule has 0 aliphatic heterocycles. The zero-order valence-electron chi connectivity index (χ0n) is 10.3. The molecule has 0 radical (unpaired) electrons. The number of rotatable bonds is 3. The molecule has 1 saturated carbocycles. The van der Waals surface area contributed by atoms with Crippen LogP contribution in [0.1, 0.15) is 37.2 Å². The van der Waals surface area contributed by atoms with E-state index in [1.54, 1.807) is 0 Å². The summed E-state index contributed by atoms with van der Waals surface area (Å²) in [7, 11) is 2.55. The van der Waals surface area contributed by atoms with Gasteiger partial charge in [0.15, 0.2) is 0 Å². The molecule has 0 unspecified atom stereocenters. The van der Waals surface area contributed by atoms with Crippen molar-refractivity contribution in [3.05, 3.63) is 44.4 Å². The Kier molecular flexibility index (Phi) is 3.91. The summed E-state index contributed by atoms with van der Waals surface area (Å²) in [6, 6.07) is 8.50. The second-order valence-corrected chi connectivity index (χ2v) is 7.32. The molecule has 0 saturated heterocycles. The summed E-state index contributed by atoms with van der Waals surface area (Å²) in [6.07, 6.45) is 5.32. The van der Waals surface area contributed by atoms with Gasteiger partial charge in [-0.2, -0.15) is 0 Å². The van der Waals surface area contributed by atoms with Crippen LogP contribution in [0.15, 0.2) is 29.1 Å². The predicted octanol–water partition coefficient (Wildman–Crippen LogP) is 5.22. The zero-order valence-corrected chi connectivity index (χ0v) is 12.7. The van der Waals surface area contributed by atoms with Gasteiger partial charge in [-0.15, -0.1) is 0 Å². The highest BCUT2D eigenvalue weighted by Crippen LogP contribution is 2.35. The van der Waals surface area contributed by atoms with E-state index in [-0.39, 0.29) is 4.74 Å². The molecule has 2 nitrogen and oxygen atoms in total. The fourth-order valence-corrected chi connectivity index (χ4v) is 4.93. The standard InChI is InChI=1S/C14H14ClNOS2/c15-12-13(18-19-14(12)17)16-11-7-5-10(6-8-11)9-3-1-2-4-9/h5-9,16H,1-4H2. The van der Waals surface area contributed by atoms with Gasteiger partial charge in [0.1, 0.15) is 10.0 Å². The molecular weight excluding hydrogens is 298 g/mol.